The van der Waals surface area contributed by atoms with Crippen LogP contribution < -0.4 is 0 Å². The van der Waals surface area contributed by atoms with Gasteiger partial charge in [-0.05, 0) is 12.8 Å². The van der Waals surface area contributed by atoms with Crippen LogP contribution in [0.3, 0.4) is 0 Å². The van der Waals surface area contributed by atoms with E-state index < -0.39 is 0 Å². The lowest BCUT2D eigenvalue weighted by molar-refractivity contribution is -0.156. The Bertz CT molecular complexity index is 169. The highest BCUT2D eigenvalue weighted by molar-refractivity contribution is 5.73. The van der Waals surface area contributed by atoms with Gasteiger partial charge in [0, 0.05) is 6.42 Å². The van der Waals surface area contributed by atoms with Gasteiger partial charge in [-0.15, -0.1) is 0 Å². The summed E-state index contributed by atoms with van der Waals surface area (Å²) < 4.78 is 10.4. The standard InChI is InChI=1S/C9H14O3/c10-9(7-2-1-3-7)12-8-4-5-11-6-8/h7-8H,1-6H2. The monoisotopic (exact) mass is 170 g/mol. The van der Waals surface area contributed by atoms with Crippen LogP contribution in [0.4, 0.5) is 0 Å². The smallest absolute Gasteiger partial charge is 0.309 e. The summed E-state index contributed by atoms with van der Waals surface area (Å²) in [5, 5.41) is 0. The maximum Gasteiger partial charge on any atom is 0.309 e. The highest BCUT2D eigenvalue weighted by atomic mass is 16.6. The molecule has 68 valence electrons. The van der Waals surface area contributed by atoms with Crippen LogP contribution in [-0.4, -0.2) is 25.3 Å². The fourth-order valence-electron chi connectivity index (χ4n) is 1.51. The molecule has 2 fully saturated rings. The molecule has 1 saturated heterocycles. The minimum atomic E-state index is -0.00301. The fraction of sp³-hybridized carbons (Fsp3) is 0.889. The Balaban J connectivity index is 1.73. The zero-order chi connectivity index (χ0) is 8.39. The van der Waals surface area contributed by atoms with Crippen LogP contribution in [0, 0.1) is 5.92 Å². The van der Waals surface area contributed by atoms with Crippen LogP contribution in [0.2, 0.25) is 0 Å². The molecular formula is C9H14O3. The van der Waals surface area contributed by atoms with Gasteiger partial charge in [0.05, 0.1) is 19.1 Å². The largest absolute Gasteiger partial charge is 0.460 e. The van der Waals surface area contributed by atoms with Gasteiger partial charge in [0.25, 0.3) is 0 Å². The van der Waals surface area contributed by atoms with Crippen LogP contribution in [0.25, 0.3) is 0 Å². The van der Waals surface area contributed by atoms with Gasteiger partial charge in [0.2, 0.25) is 0 Å². The predicted octanol–water partition coefficient (Wildman–Crippen LogP) is 1.12. The molecule has 0 bridgehead atoms. The van der Waals surface area contributed by atoms with E-state index in [2.05, 4.69) is 0 Å². The van der Waals surface area contributed by atoms with Gasteiger partial charge in [-0.2, -0.15) is 0 Å². The predicted molar refractivity (Wildman–Crippen MR) is 42.7 cm³/mol. The molecule has 1 aliphatic heterocycles. The molecule has 3 nitrogen and oxygen atoms in total. The molecule has 0 radical (unpaired) electrons. The van der Waals surface area contributed by atoms with Gasteiger partial charge < -0.3 is 9.47 Å². The maximum absolute atomic E-state index is 11.3. The molecule has 0 aromatic rings. The topological polar surface area (TPSA) is 35.5 Å². The minimum Gasteiger partial charge on any atom is -0.460 e. The van der Waals surface area contributed by atoms with Crippen molar-refractivity contribution in [3.8, 4) is 0 Å². The van der Waals surface area contributed by atoms with Crippen LogP contribution in [-0.2, 0) is 14.3 Å². The second kappa shape index (κ2) is 3.44. The van der Waals surface area contributed by atoms with Crippen molar-refractivity contribution in [2.24, 2.45) is 5.92 Å². The first-order valence-corrected chi connectivity index (χ1v) is 4.64. The van der Waals surface area contributed by atoms with Crippen molar-refractivity contribution in [1.29, 1.82) is 0 Å². The second-order valence-corrected chi connectivity index (χ2v) is 3.55. The summed E-state index contributed by atoms with van der Waals surface area (Å²) in [5.74, 6) is 0.197. The lowest BCUT2D eigenvalue weighted by Crippen LogP contribution is -2.28. The normalized spacial score (nSPS) is 29.8. The number of esters is 1. The van der Waals surface area contributed by atoms with Gasteiger partial charge in [0.15, 0.2) is 0 Å². The van der Waals surface area contributed by atoms with E-state index >= 15 is 0 Å². The van der Waals surface area contributed by atoms with Crippen molar-refractivity contribution in [1.82, 2.24) is 0 Å². The van der Waals surface area contributed by atoms with E-state index in [1.165, 1.54) is 6.42 Å². The van der Waals surface area contributed by atoms with Crippen molar-refractivity contribution in [3.05, 3.63) is 0 Å². The minimum absolute atomic E-state index is 0.00301. The summed E-state index contributed by atoms with van der Waals surface area (Å²) in [4.78, 5) is 11.3. The van der Waals surface area contributed by atoms with Crippen molar-refractivity contribution in [3.63, 3.8) is 0 Å². The van der Waals surface area contributed by atoms with Crippen molar-refractivity contribution in [2.45, 2.75) is 31.8 Å². The van der Waals surface area contributed by atoms with Crippen LogP contribution >= 0.6 is 0 Å². The van der Waals surface area contributed by atoms with E-state index in [9.17, 15) is 4.79 Å². The molecule has 0 aromatic carbocycles. The quantitative estimate of drug-likeness (QED) is 0.582. The van der Waals surface area contributed by atoms with E-state index in [4.69, 9.17) is 9.47 Å². The Morgan fingerprint density at radius 2 is 2.17 bits per heavy atom. The average molecular weight is 170 g/mol. The average Bonchev–Trinajstić information content (AvgIpc) is 2.34. The zero-order valence-electron chi connectivity index (χ0n) is 7.12. The van der Waals surface area contributed by atoms with Crippen LogP contribution in [0.15, 0.2) is 0 Å². The molecular weight excluding hydrogens is 156 g/mol. The zero-order valence-corrected chi connectivity index (χ0v) is 7.12. The molecule has 0 N–H and O–H groups in total. The lowest BCUT2D eigenvalue weighted by Gasteiger charge is -2.24. The van der Waals surface area contributed by atoms with E-state index in [1.54, 1.807) is 0 Å². The molecule has 0 spiro atoms. The Hall–Kier alpha value is -0.570. The molecule has 3 heteroatoms. The first-order valence-electron chi connectivity index (χ1n) is 4.64. The summed E-state index contributed by atoms with van der Waals surface area (Å²) in [6, 6.07) is 0. The first kappa shape index (κ1) is 8.05. The highest BCUT2D eigenvalue weighted by Crippen LogP contribution is 2.28. The van der Waals surface area contributed by atoms with E-state index in [0.717, 1.165) is 25.9 Å². The SMILES string of the molecule is O=C(OC1CCOC1)C1CCC1. The number of ether oxygens (including phenoxy) is 2. The summed E-state index contributed by atoms with van der Waals surface area (Å²) in [6.07, 6.45) is 4.14. The Morgan fingerprint density at radius 1 is 1.33 bits per heavy atom. The molecule has 2 aliphatic rings. The summed E-state index contributed by atoms with van der Waals surface area (Å²) in [7, 11) is 0. The molecule has 1 aliphatic carbocycles. The first-order chi connectivity index (χ1) is 5.86. The van der Waals surface area contributed by atoms with E-state index in [-0.39, 0.29) is 18.0 Å². The van der Waals surface area contributed by atoms with E-state index in [1.807, 2.05) is 0 Å². The third-order valence-electron chi connectivity index (χ3n) is 2.61. The van der Waals surface area contributed by atoms with Gasteiger partial charge >= 0.3 is 5.97 Å². The molecule has 12 heavy (non-hydrogen) atoms. The Morgan fingerprint density at radius 3 is 2.67 bits per heavy atom. The number of carbonyl (C=O) groups is 1. The maximum atomic E-state index is 11.3. The number of hydrogen-bond donors (Lipinski definition) is 0. The molecule has 1 heterocycles. The molecule has 2 rings (SSSR count). The Labute approximate surface area is 72.0 Å². The number of hydrogen-bond acceptors (Lipinski definition) is 3. The van der Waals surface area contributed by atoms with Gasteiger partial charge in [-0.25, -0.2) is 0 Å². The summed E-state index contributed by atoms with van der Waals surface area (Å²) >= 11 is 0. The molecule has 0 amide bonds. The molecule has 1 unspecified atom stereocenters. The number of rotatable bonds is 2. The lowest BCUT2D eigenvalue weighted by atomic mass is 9.86. The summed E-state index contributed by atoms with van der Waals surface area (Å²) in [5.41, 5.74) is 0. The van der Waals surface area contributed by atoms with Crippen LogP contribution in [0.5, 0.6) is 0 Å². The van der Waals surface area contributed by atoms with Crippen LogP contribution in [0.1, 0.15) is 25.7 Å². The fourth-order valence-corrected chi connectivity index (χ4v) is 1.51. The number of carbonyl (C=O) groups excluding carboxylic acids is 1. The second-order valence-electron chi connectivity index (χ2n) is 3.55. The van der Waals surface area contributed by atoms with Crippen molar-refractivity contribution >= 4 is 5.97 Å². The van der Waals surface area contributed by atoms with E-state index in [0.29, 0.717) is 6.61 Å². The van der Waals surface area contributed by atoms with Gasteiger partial charge in [-0.1, -0.05) is 6.42 Å². The van der Waals surface area contributed by atoms with Crippen molar-refractivity contribution < 1.29 is 14.3 Å². The third-order valence-corrected chi connectivity index (χ3v) is 2.61. The van der Waals surface area contributed by atoms with Crippen molar-refractivity contribution in [2.75, 3.05) is 13.2 Å². The summed E-state index contributed by atoms with van der Waals surface area (Å²) in [6.45, 7) is 1.33. The Kier molecular flexibility index (Phi) is 2.30. The van der Waals surface area contributed by atoms with Gasteiger partial charge in [0.1, 0.15) is 6.10 Å². The molecule has 0 aromatic heterocycles. The van der Waals surface area contributed by atoms with Gasteiger partial charge in [-0.3, -0.25) is 4.79 Å². The molecule has 1 atom stereocenters. The highest BCUT2D eigenvalue weighted by Gasteiger charge is 2.29. The molecule has 1 saturated carbocycles. The third kappa shape index (κ3) is 1.61.